The van der Waals surface area contributed by atoms with Crippen LogP contribution < -0.4 is 5.32 Å². The Kier molecular flexibility index (Phi) is 4.24. The van der Waals surface area contributed by atoms with Crippen LogP contribution in [0.2, 0.25) is 0 Å². The third kappa shape index (κ3) is 2.98. The van der Waals surface area contributed by atoms with Crippen molar-refractivity contribution < 1.29 is 0 Å². The van der Waals surface area contributed by atoms with Crippen LogP contribution in [0.25, 0.3) is 0 Å². The molecule has 1 saturated carbocycles. The van der Waals surface area contributed by atoms with Crippen molar-refractivity contribution in [2.45, 2.75) is 52.9 Å². The molecule has 1 heteroatoms. The van der Waals surface area contributed by atoms with E-state index in [0.717, 1.165) is 5.92 Å². The van der Waals surface area contributed by atoms with Crippen LogP contribution in [0, 0.1) is 11.3 Å². The highest BCUT2D eigenvalue weighted by Gasteiger charge is 2.32. The smallest absolute Gasteiger partial charge is 0.000771 e. The van der Waals surface area contributed by atoms with Crippen LogP contribution in [-0.4, -0.2) is 13.1 Å². The Balaban J connectivity index is 2.33. The molecule has 13 heavy (non-hydrogen) atoms. The molecule has 2 unspecified atom stereocenters. The second-order valence-electron chi connectivity index (χ2n) is 4.98. The molecule has 1 aliphatic carbocycles. The van der Waals surface area contributed by atoms with Crippen LogP contribution in [0.1, 0.15) is 52.9 Å². The number of hydrogen-bond acceptors (Lipinski definition) is 1. The molecule has 0 saturated heterocycles. The predicted octanol–water partition coefficient (Wildman–Crippen LogP) is 3.20. The third-order valence-electron chi connectivity index (χ3n) is 3.78. The number of nitrogens with one attached hydrogen (secondary N) is 1. The molecule has 0 radical (unpaired) electrons. The first-order valence-corrected chi connectivity index (χ1v) is 5.90. The van der Waals surface area contributed by atoms with E-state index in [0.29, 0.717) is 5.41 Å². The van der Waals surface area contributed by atoms with Gasteiger partial charge in [-0.2, -0.15) is 0 Å². The van der Waals surface area contributed by atoms with Gasteiger partial charge >= 0.3 is 0 Å². The van der Waals surface area contributed by atoms with E-state index in [-0.39, 0.29) is 0 Å². The van der Waals surface area contributed by atoms with Crippen LogP contribution in [-0.2, 0) is 0 Å². The molecule has 1 rings (SSSR count). The zero-order chi connectivity index (χ0) is 9.73. The van der Waals surface area contributed by atoms with E-state index in [9.17, 15) is 0 Å². The lowest BCUT2D eigenvalue weighted by atomic mass is 9.68. The second-order valence-corrected chi connectivity index (χ2v) is 4.98. The van der Waals surface area contributed by atoms with Crippen molar-refractivity contribution in [1.29, 1.82) is 0 Å². The molecule has 0 heterocycles. The summed E-state index contributed by atoms with van der Waals surface area (Å²) in [5, 5.41) is 3.58. The van der Waals surface area contributed by atoms with Gasteiger partial charge in [-0.15, -0.1) is 0 Å². The summed E-state index contributed by atoms with van der Waals surface area (Å²) >= 11 is 0. The Morgan fingerprint density at radius 2 is 2.15 bits per heavy atom. The van der Waals surface area contributed by atoms with Gasteiger partial charge in [-0.05, 0) is 30.7 Å². The van der Waals surface area contributed by atoms with Crippen LogP contribution in [0.5, 0.6) is 0 Å². The minimum Gasteiger partial charge on any atom is -0.316 e. The quantitative estimate of drug-likeness (QED) is 0.660. The van der Waals surface area contributed by atoms with Crippen LogP contribution in [0.15, 0.2) is 0 Å². The Bertz CT molecular complexity index is 144. The first-order chi connectivity index (χ1) is 6.19. The highest BCUT2D eigenvalue weighted by atomic mass is 14.9. The zero-order valence-electron chi connectivity index (χ0n) is 9.53. The summed E-state index contributed by atoms with van der Waals surface area (Å²) in [5.74, 6) is 0.908. The predicted molar refractivity (Wildman–Crippen MR) is 58.9 cm³/mol. The lowest BCUT2D eigenvalue weighted by molar-refractivity contribution is 0.127. The molecule has 1 N–H and O–H groups in total. The highest BCUT2D eigenvalue weighted by molar-refractivity contribution is 4.85. The fourth-order valence-electron chi connectivity index (χ4n) is 2.39. The maximum atomic E-state index is 3.58. The maximum Gasteiger partial charge on any atom is 0.000771 e. The molecular formula is C12H25N. The first-order valence-electron chi connectivity index (χ1n) is 5.90. The van der Waals surface area contributed by atoms with E-state index in [1.165, 1.54) is 45.2 Å². The van der Waals surface area contributed by atoms with Gasteiger partial charge in [-0.25, -0.2) is 0 Å². The van der Waals surface area contributed by atoms with E-state index >= 15 is 0 Å². The molecule has 0 aromatic heterocycles. The molecule has 0 aromatic rings. The Morgan fingerprint density at radius 3 is 2.77 bits per heavy atom. The van der Waals surface area contributed by atoms with Gasteiger partial charge < -0.3 is 5.32 Å². The molecule has 0 aromatic carbocycles. The fraction of sp³-hybridized carbons (Fsp3) is 1.00. The van der Waals surface area contributed by atoms with E-state index in [4.69, 9.17) is 0 Å². The molecule has 78 valence electrons. The summed E-state index contributed by atoms with van der Waals surface area (Å²) in [7, 11) is 0. The molecule has 0 spiro atoms. The van der Waals surface area contributed by atoms with Gasteiger partial charge in [0.05, 0.1) is 0 Å². The van der Waals surface area contributed by atoms with Crippen molar-refractivity contribution in [1.82, 2.24) is 5.32 Å². The van der Waals surface area contributed by atoms with Gasteiger partial charge in [0.25, 0.3) is 0 Å². The Hall–Kier alpha value is -0.0400. The van der Waals surface area contributed by atoms with Crippen LogP contribution in [0.3, 0.4) is 0 Å². The molecule has 0 aliphatic heterocycles. The van der Waals surface area contributed by atoms with Crippen molar-refractivity contribution in [2.24, 2.45) is 11.3 Å². The standard InChI is InChI=1S/C12H25N/c1-4-9-13-10-12(3)8-6-5-7-11(12)2/h11,13H,4-10H2,1-3H3. The zero-order valence-corrected chi connectivity index (χ0v) is 9.53. The van der Waals surface area contributed by atoms with E-state index in [1.54, 1.807) is 0 Å². The molecule has 1 nitrogen and oxygen atoms in total. The van der Waals surface area contributed by atoms with Gasteiger partial charge in [-0.3, -0.25) is 0 Å². The largest absolute Gasteiger partial charge is 0.316 e. The van der Waals surface area contributed by atoms with Gasteiger partial charge in [0.1, 0.15) is 0 Å². The van der Waals surface area contributed by atoms with Crippen molar-refractivity contribution >= 4 is 0 Å². The summed E-state index contributed by atoms with van der Waals surface area (Å²) in [6.45, 7) is 9.52. The van der Waals surface area contributed by atoms with Crippen molar-refractivity contribution in [2.75, 3.05) is 13.1 Å². The average Bonchev–Trinajstić information content (AvgIpc) is 2.11. The Labute approximate surface area is 83.3 Å². The highest BCUT2D eigenvalue weighted by Crippen LogP contribution is 2.39. The maximum absolute atomic E-state index is 3.58. The van der Waals surface area contributed by atoms with Crippen molar-refractivity contribution in [3.63, 3.8) is 0 Å². The Morgan fingerprint density at radius 1 is 1.38 bits per heavy atom. The minimum atomic E-state index is 0.577. The average molecular weight is 183 g/mol. The molecule has 1 aliphatic rings. The summed E-state index contributed by atoms with van der Waals surface area (Å²) in [5.41, 5.74) is 0.577. The van der Waals surface area contributed by atoms with E-state index in [1.807, 2.05) is 0 Å². The fourth-order valence-corrected chi connectivity index (χ4v) is 2.39. The monoisotopic (exact) mass is 183 g/mol. The first kappa shape index (κ1) is 11.0. The van der Waals surface area contributed by atoms with Crippen LogP contribution >= 0.6 is 0 Å². The summed E-state index contributed by atoms with van der Waals surface area (Å²) in [6, 6.07) is 0. The number of rotatable bonds is 4. The SMILES string of the molecule is CCCNCC1(C)CCCCC1C. The number of hydrogen-bond donors (Lipinski definition) is 1. The molecule has 1 fully saturated rings. The molecule has 0 bridgehead atoms. The van der Waals surface area contributed by atoms with Gasteiger partial charge in [0, 0.05) is 6.54 Å². The lowest BCUT2D eigenvalue weighted by Crippen LogP contribution is -2.39. The summed E-state index contributed by atoms with van der Waals surface area (Å²) in [6.07, 6.45) is 7.00. The summed E-state index contributed by atoms with van der Waals surface area (Å²) < 4.78 is 0. The van der Waals surface area contributed by atoms with Gasteiger partial charge in [0.15, 0.2) is 0 Å². The van der Waals surface area contributed by atoms with Crippen molar-refractivity contribution in [3.8, 4) is 0 Å². The third-order valence-corrected chi connectivity index (χ3v) is 3.78. The molecule has 0 amide bonds. The van der Waals surface area contributed by atoms with E-state index < -0.39 is 0 Å². The van der Waals surface area contributed by atoms with Crippen LogP contribution in [0.4, 0.5) is 0 Å². The van der Waals surface area contributed by atoms with Crippen molar-refractivity contribution in [3.05, 3.63) is 0 Å². The normalized spacial score (nSPS) is 34.8. The minimum absolute atomic E-state index is 0.577. The van der Waals surface area contributed by atoms with E-state index in [2.05, 4.69) is 26.1 Å². The molecule has 2 atom stereocenters. The molecular weight excluding hydrogens is 158 g/mol. The second kappa shape index (κ2) is 4.99. The lowest BCUT2D eigenvalue weighted by Gasteiger charge is -2.40. The topological polar surface area (TPSA) is 12.0 Å². The summed E-state index contributed by atoms with van der Waals surface area (Å²) in [4.78, 5) is 0. The van der Waals surface area contributed by atoms with Gasteiger partial charge in [-0.1, -0.05) is 40.0 Å². The van der Waals surface area contributed by atoms with Gasteiger partial charge in [0.2, 0.25) is 0 Å².